The number of hydrogen-bond donors (Lipinski definition) is 1. The van der Waals surface area contributed by atoms with Gasteiger partial charge in [0, 0.05) is 18.9 Å². The highest BCUT2D eigenvalue weighted by Crippen LogP contribution is 2.32. The highest BCUT2D eigenvalue weighted by Gasteiger charge is 2.36. The Labute approximate surface area is 89.8 Å². The van der Waals surface area contributed by atoms with Crippen molar-refractivity contribution in [1.29, 1.82) is 0 Å². The minimum Gasteiger partial charge on any atom is -0.478 e. The van der Waals surface area contributed by atoms with Crippen molar-refractivity contribution < 1.29 is 23.1 Å². The van der Waals surface area contributed by atoms with E-state index >= 15 is 0 Å². The minimum absolute atomic E-state index is 0.215. The third kappa shape index (κ3) is 2.65. The number of carboxylic acid groups (broad SMARTS) is 1. The van der Waals surface area contributed by atoms with Crippen LogP contribution in [0.15, 0.2) is 24.5 Å². The molecular weight excluding hydrogens is 223 g/mol. The third-order valence-electron chi connectivity index (χ3n) is 1.97. The van der Waals surface area contributed by atoms with Crippen LogP contribution in [0, 0.1) is 0 Å². The molecule has 1 heterocycles. The van der Waals surface area contributed by atoms with Gasteiger partial charge in [0.15, 0.2) is 0 Å². The van der Waals surface area contributed by atoms with E-state index < -0.39 is 23.3 Å². The molecule has 0 atom stereocenters. The zero-order chi connectivity index (χ0) is 12.3. The van der Waals surface area contributed by atoms with Crippen molar-refractivity contribution in [3.8, 4) is 0 Å². The predicted octanol–water partition coefficient (Wildman–Crippen LogP) is 2.78. The summed E-state index contributed by atoms with van der Waals surface area (Å²) >= 11 is 0. The van der Waals surface area contributed by atoms with Crippen LogP contribution in [0.4, 0.5) is 13.2 Å². The molecule has 0 aliphatic rings. The maximum Gasteiger partial charge on any atom is 0.418 e. The average molecular weight is 233 g/mol. The Kier molecular flexibility index (Phi) is 3.41. The highest BCUT2D eigenvalue weighted by molar-refractivity contribution is 5.89. The number of aromatic nitrogens is 1. The molecule has 0 spiro atoms. The normalized spacial score (nSPS) is 12.2. The van der Waals surface area contributed by atoms with E-state index in [4.69, 9.17) is 5.11 Å². The molecule has 3 nitrogen and oxygen atoms in total. The maximum absolute atomic E-state index is 12.4. The van der Waals surface area contributed by atoms with E-state index in [1.165, 1.54) is 4.57 Å². The first-order chi connectivity index (χ1) is 7.36. The summed E-state index contributed by atoms with van der Waals surface area (Å²) in [7, 11) is 0. The Morgan fingerprint density at radius 3 is 2.50 bits per heavy atom. The van der Waals surface area contributed by atoms with E-state index in [1.54, 1.807) is 19.1 Å². The molecule has 0 fully saturated rings. The van der Waals surface area contributed by atoms with Crippen molar-refractivity contribution in [1.82, 2.24) is 4.57 Å². The fraction of sp³-hybridized carbons (Fsp3) is 0.300. The zero-order valence-corrected chi connectivity index (χ0v) is 8.45. The van der Waals surface area contributed by atoms with E-state index in [0.717, 1.165) is 12.4 Å². The average Bonchev–Trinajstić information content (AvgIpc) is 2.58. The summed E-state index contributed by atoms with van der Waals surface area (Å²) in [5.74, 6) is -1.58. The second-order valence-electron chi connectivity index (χ2n) is 3.15. The van der Waals surface area contributed by atoms with Crippen molar-refractivity contribution in [3.05, 3.63) is 35.7 Å². The summed E-state index contributed by atoms with van der Waals surface area (Å²) in [6, 6.07) is 0. The summed E-state index contributed by atoms with van der Waals surface area (Å²) in [6.07, 6.45) is 0.434. The van der Waals surface area contributed by atoms with Crippen molar-refractivity contribution in [2.45, 2.75) is 19.6 Å². The summed E-state index contributed by atoms with van der Waals surface area (Å²) in [6.45, 7) is 1.94. The molecular formula is C10H10F3NO2. The quantitative estimate of drug-likeness (QED) is 0.815. The summed E-state index contributed by atoms with van der Waals surface area (Å²) in [5, 5.41) is 8.64. The Morgan fingerprint density at radius 2 is 2.12 bits per heavy atom. The van der Waals surface area contributed by atoms with E-state index in [2.05, 4.69) is 0 Å². The van der Waals surface area contributed by atoms with Crippen molar-refractivity contribution >= 4 is 5.97 Å². The van der Waals surface area contributed by atoms with E-state index in [-0.39, 0.29) is 6.54 Å². The second kappa shape index (κ2) is 4.42. The first kappa shape index (κ1) is 12.4. The first-order valence-electron chi connectivity index (χ1n) is 4.47. The molecule has 1 aromatic heterocycles. The van der Waals surface area contributed by atoms with Crippen LogP contribution < -0.4 is 0 Å². The van der Waals surface area contributed by atoms with Crippen LogP contribution >= 0.6 is 0 Å². The van der Waals surface area contributed by atoms with Gasteiger partial charge in [-0.1, -0.05) is 12.2 Å². The number of carbonyl (C=O) groups is 1. The molecule has 0 saturated carbocycles. The molecule has 88 valence electrons. The number of aromatic carboxylic acids is 1. The smallest absolute Gasteiger partial charge is 0.418 e. The number of hydrogen-bond acceptors (Lipinski definition) is 1. The molecule has 0 aromatic carbocycles. The number of rotatable bonds is 3. The van der Waals surface area contributed by atoms with Crippen LogP contribution in [0.2, 0.25) is 0 Å². The van der Waals surface area contributed by atoms with Crippen LogP contribution in [-0.2, 0) is 12.7 Å². The van der Waals surface area contributed by atoms with Gasteiger partial charge in [-0.3, -0.25) is 0 Å². The van der Waals surface area contributed by atoms with Gasteiger partial charge in [-0.15, -0.1) is 0 Å². The van der Waals surface area contributed by atoms with Crippen LogP contribution in [0.5, 0.6) is 0 Å². The van der Waals surface area contributed by atoms with E-state index in [9.17, 15) is 18.0 Å². The van der Waals surface area contributed by atoms with Crippen LogP contribution in [0.3, 0.4) is 0 Å². The monoisotopic (exact) mass is 233 g/mol. The van der Waals surface area contributed by atoms with Crippen LogP contribution in [-0.4, -0.2) is 15.6 Å². The van der Waals surface area contributed by atoms with E-state index in [0.29, 0.717) is 0 Å². The third-order valence-corrected chi connectivity index (χ3v) is 1.97. The Hall–Kier alpha value is -1.72. The van der Waals surface area contributed by atoms with Crippen molar-refractivity contribution in [2.24, 2.45) is 0 Å². The summed E-state index contributed by atoms with van der Waals surface area (Å²) in [5.41, 5.74) is -1.85. The number of halogens is 3. The Bertz CT molecular complexity index is 418. The van der Waals surface area contributed by atoms with Crippen LogP contribution in [0.25, 0.3) is 0 Å². The molecule has 1 aromatic rings. The van der Waals surface area contributed by atoms with Crippen LogP contribution in [0.1, 0.15) is 22.8 Å². The molecule has 6 heteroatoms. The molecule has 1 rings (SSSR count). The SMILES string of the molecule is CC=CCn1cc(C(=O)O)c(C(F)(F)F)c1. The van der Waals surface area contributed by atoms with Gasteiger partial charge < -0.3 is 9.67 Å². The fourth-order valence-corrected chi connectivity index (χ4v) is 1.24. The molecule has 16 heavy (non-hydrogen) atoms. The molecule has 0 aliphatic carbocycles. The van der Waals surface area contributed by atoms with Gasteiger partial charge in [0.2, 0.25) is 0 Å². The van der Waals surface area contributed by atoms with Gasteiger partial charge in [-0.25, -0.2) is 4.79 Å². The molecule has 0 amide bonds. The zero-order valence-electron chi connectivity index (χ0n) is 8.45. The number of nitrogens with zero attached hydrogens (tertiary/aromatic N) is 1. The lowest BCUT2D eigenvalue weighted by Crippen LogP contribution is -2.09. The fourth-order valence-electron chi connectivity index (χ4n) is 1.24. The number of alkyl halides is 3. The lowest BCUT2D eigenvalue weighted by Gasteiger charge is -2.04. The molecule has 0 unspecified atom stereocenters. The second-order valence-corrected chi connectivity index (χ2v) is 3.15. The molecule has 1 N–H and O–H groups in total. The Balaban J connectivity index is 3.15. The van der Waals surface area contributed by atoms with Crippen molar-refractivity contribution in [3.63, 3.8) is 0 Å². The van der Waals surface area contributed by atoms with Gasteiger partial charge in [0.05, 0.1) is 11.1 Å². The van der Waals surface area contributed by atoms with Gasteiger partial charge in [0.1, 0.15) is 0 Å². The number of allylic oxidation sites excluding steroid dienone is 2. The lowest BCUT2D eigenvalue weighted by molar-refractivity contribution is -0.138. The lowest BCUT2D eigenvalue weighted by atomic mass is 10.2. The predicted molar refractivity (Wildman–Crippen MR) is 51.2 cm³/mol. The van der Waals surface area contributed by atoms with Crippen molar-refractivity contribution in [2.75, 3.05) is 0 Å². The first-order valence-corrected chi connectivity index (χ1v) is 4.47. The molecule has 0 aliphatic heterocycles. The summed E-state index contributed by atoms with van der Waals surface area (Å²) < 4.78 is 38.5. The Morgan fingerprint density at radius 1 is 1.50 bits per heavy atom. The highest BCUT2D eigenvalue weighted by atomic mass is 19.4. The molecule has 0 bridgehead atoms. The largest absolute Gasteiger partial charge is 0.478 e. The summed E-state index contributed by atoms with van der Waals surface area (Å²) in [4.78, 5) is 10.6. The topological polar surface area (TPSA) is 42.2 Å². The standard InChI is InChI=1S/C10H10F3NO2/c1-2-3-4-14-5-7(9(15)16)8(6-14)10(11,12)13/h2-3,5-6H,4H2,1H3,(H,15,16). The minimum atomic E-state index is -4.64. The van der Waals surface area contributed by atoms with E-state index in [1.807, 2.05) is 0 Å². The van der Waals surface area contributed by atoms with Gasteiger partial charge in [-0.2, -0.15) is 13.2 Å². The van der Waals surface area contributed by atoms with Gasteiger partial charge >= 0.3 is 12.1 Å². The molecule has 0 radical (unpaired) electrons. The number of carboxylic acids is 1. The maximum atomic E-state index is 12.4. The van der Waals surface area contributed by atoms with Gasteiger partial charge in [-0.05, 0) is 6.92 Å². The van der Waals surface area contributed by atoms with Gasteiger partial charge in [0.25, 0.3) is 0 Å². The molecule has 0 saturated heterocycles.